The number of nitrogens with zero attached hydrogens (tertiary/aromatic N) is 5. The van der Waals surface area contributed by atoms with Gasteiger partial charge in [-0.15, -0.1) is 0 Å². The quantitative estimate of drug-likeness (QED) is 0.234. The van der Waals surface area contributed by atoms with E-state index in [-0.39, 0.29) is 0 Å². The van der Waals surface area contributed by atoms with Gasteiger partial charge >= 0.3 is 0 Å². The Morgan fingerprint density at radius 2 is 1.13 bits per heavy atom. The van der Waals surface area contributed by atoms with Gasteiger partial charge in [0.05, 0.1) is 11.0 Å². The van der Waals surface area contributed by atoms with E-state index in [9.17, 15) is 0 Å². The van der Waals surface area contributed by atoms with E-state index in [0.717, 1.165) is 27.4 Å². The highest BCUT2D eigenvalue weighted by Crippen LogP contribution is 2.34. The van der Waals surface area contributed by atoms with Crippen molar-refractivity contribution >= 4 is 54.1 Å². The number of pyridine rings is 2. The first kappa shape index (κ1) is 20.9. The minimum absolute atomic E-state index is 0.535. The zero-order chi connectivity index (χ0) is 25.1. The summed E-state index contributed by atoms with van der Waals surface area (Å²) in [5.41, 5.74) is 3.34. The highest BCUT2D eigenvalue weighted by atomic mass is 15.0. The molecule has 0 unspecified atom stereocenters. The van der Waals surface area contributed by atoms with E-state index in [1.165, 1.54) is 32.3 Å². The average molecular weight is 486 g/mol. The summed E-state index contributed by atoms with van der Waals surface area (Å²) in [6.07, 6.45) is 3.36. The summed E-state index contributed by atoms with van der Waals surface area (Å²) in [7, 11) is 0. The lowest BCUT2D eigenvalue weighted by atomic mass is 9.95. The van der Waals surface area contributed by atoms with Crippen molar-refractivity contribution in [1.29, 1.82) is 0 Å². The van der Waals surface area contributed by atoms with Crippen LogP contribution in [0.2, 0.25) is 0 Å². The van der Waals surface area contributed by atoms with Gasteiger partial charge in [-0.2, -0.15) is 0 Å². The third-order valence-corrected chi connectivity index (χ3v) is 7.22. The maximum absolute atomic E-state index is 4.92. The SMILES string of the molecule is c1ccc2c(c1)ccc1ccc3ccc(-c4ncnc(-c5ccc6ccc7cccnc7c6n5)n4)cc3c12. The lowest BCUT2D eigenvalue weighted by molar-refractivity contribution is 1.05. The molecule has 0 radical (unpaired) electrons. The number of rotatable bonds is 2. The zero-order valence-corrected chi connectivity index (χ0v) is 20.2. The molecular weight excluding hydrogens is 466 g/mol. The summed E-state index contributed by atoms with van der Waals surface area (Å²) in [5.74, 6) is 1.15. The van der Waals surface area contributed by atoms with E-state index in [1.807, 2.05) is 24.3 Å². The van der Waals surface area contributed by atoms with Crippen molar-refractivity contribution in [3.8, 4) is 22.9 Å². The molecule has 0 aliphatic carbocycles. The van der Waals surface area contributed by atoms with Gasteiger partial charge in [0.15, 0.2) is 11.6 Å². The molecule has 0 aliphatic heterocycles. The van der Waals surface area contributed by atoms with Crippen molar-refractivity contribution in [1.82, 2.24) is 24.9 Å². The summed E-state index contributed by atoms with van der Waals surface area (Å²) in [5, 5.41) is 9.37. The summed E-state index contributed by atoms with van der Waals surface area (Å²) < 4.78 is 0. The fourth-order valence-electron chi connectivity index (χ4n) is 5.37. The maximum atomic E-state index is 4.92. The Balaban J connectivity index is 1.30. The first-order chi connectivity index (χ1) is 18.8. The second-order valence-electron chi connectivity index (χ2n) is 9.43. The number of aromatic nitrogens is 5. The molecule has 3 heterocycles. The molecule has 38 heavy (non-hydrogen) atoms. The van der Waals surface area contributed by atoms with E-state index in [1.54, 1.807) is 12.5 Å². The first-order valence-corrected chi connectivity index (χ1v) is 12.5. The molecule has 8 rings (SSSR count). The molecule has 5 nitrogen and oxygen atoms in total. The van der Waals surface area contributed by atoms with Crippen molar-refractivity contribution in [2.75, 3.05) is 0 Å². The van der Waals surface area contributed by atoms with Gasteiger partial charge in [-0.1, -0.05) is 84.9 Å². The highest BCUT2D eigenvalue weighted by molar-refractivity contribution is 6.20. The molecule has 0 spiro atoms. The van der Waals surface area contributed by atoms with E-state index < -0.39 is 0 Å². The van der Waals surface area contributed by atoms with Crippen molar-refractivity contribution in [2.45, 2.75) is 0 Å². The van der Waals surface area contributed by atoms with Crippen LogP contribution in [0.1, 0.15) is 0 Å². The van der Waals surface area contributed by atoms with Crippen LogP contribution in [0.5, 0.6) is 0 Å². The normalized spacial score (nSPS) is 11.7. The Hall–Kier alpha value is -5.29. The maximum Gasteiger partial charge on any atom is 0.181 e. The van der Waals surface area contributed by atoms with Crippen LogP contribution in [0.3, 0.4) is 0 Å². The van der Waals surface area contributed by atoms with E-state index in [4.69, 9.17) is 9.97 Å². The monoisotopic (exact) mass is 485 g/mol. The molecule has 0 aliphatic rings. The Morgan fingerprint density at radius 1 is 0.447 bits per heavy atom. The van der Waals surface area contributed by atoms with E-state index in [2.05, 4.69) is 93.8 Å². The largest absolute Gasteiger partial charge is 0.254 e. The van der Waals surface area contributed by atoms with Gasteiger partial charge in [-0.3, -0.25) is 4.98 Å². The minimum atomic E-state index is 0.535. The fraction of sp³-hybridized carbons (Fsp3) is 0. The number of fused-ring (bicyclic) bond motifs is 8. The molecular formula is C33H19N5. The Kier molecular flexibility index (Phi) is 4.45. The number of benzene rings is 5. The minimum Gasteiger partial charge on any atom is -0.254 e. The van der Waals surface area contributed by atoms with Crippen molar-refractivity contribution in [2.24, 2.45) is 0 Å². The van der Waals surface area contributed by atoms with Gasteiger partial charge in [-0.25, -0.2) is 19.9 Å². The van der Waals surface area contributed by atoms with Crippen LogP contribution in [0, 0.1) is 0 Å². The smallest absolute Gasteiger partial charge is 0.181 e. The molecule has 0 saturated heterocycles. The molecule has 0 fully saturated rings. The highest BCUT2D eigenvalue weighted by Gasteiger charge is 2.12. The fourth-order valence-corrected chi connectivity index (χ4v) is 5.37. The van der Waals surface area contributed by atoms with Crippen LogP contribution >= 0.6 is 0 Å². The van der Waals surface area contributed by atoms with Gasteiger partial charge < -0.3 is 0 Å². The predicted octanol–water partition coefficient (Wildman–Crippen LogP) is 7.76. The summed E-state index contributed by atoms with van der Waals surface area (Å²) in [6.45, 7) is 0. The second-order valence-corrected chi connectivity index (χ2v) is 9.43. The molecule has 8 aromatic rings. The van der Waals surface area contributed by atoms with Crippen LogP contribution in [-0.2, 0) is 0 Å². The third kappa shape index (κ3) is 3.22. The molecule has 0 N–H and O–H groups in total. The summed E-state index contributed by atoms with van der Waals surface area (Å²) in [4.78, 5) is 23.3. The summed E-state index contributed by atoms with van der Waals surface area (Å²) >= 11 is 0. The molecule has 0 bridgehead atoms. The van der Waals surface area contributed by atoms with Crippen LogP contribution in [0.25, 0.3) is 77.0 Å². The topological polar surface area (TPSA) is 64.5 Å². The van der Waals surface area contributed by atoms with Crippen LogP contribution in [-0.4, -0.2) is 24.9 Å². The van der Waals surface area contributed by atoms with E-state index >= 15 is 0 Å². The summed E-state index contributed by atoms with van der Waals surface area (Å²) in [6, 6.07) is 35.8. The first-order valence-electron chi connectivity index (χ1n) is 12.5. The number of hydrogen-bond donors (Lipinski definition) is 0. The van der Waals surface area contributed by atoms with Crippen LogP contribution < -0.4 is 0 Å². The molecule has 176 valence electrons. The molecule has 0 atom stereocenters. The second kappa shape index (κ2) is 8.11. The lowest BCUT2D eigenvalue weighted by Crippen LogP contribution is -1.97. The molecule has 0 saturated carbocycles. The average Bonchev–Trinajstić information content (AvgIpc) is 3.00. The van der Waals surface area contributed by atoms with Crippen molar-refractivity contribution < 1.29 is 0 Å². The van der Waals surface area contributed by atoms with Crippen molar-refractivity contribution in [3.05, 3.63) is 116 Å². The van der Waals surface area contributed by atoms with Crippen molar-refractivity contribution in [3.63, 3.8) is 0 Å². The Bertz CT molecular complexity index is 2200. The van der Waals surface area contributed by atoms with Gasteiger partial charge in [0.1, 0.15) is 12.0 Å². The van der Waals surface area contributed by atoms with Gasteiger partial charge in [0.2, 0.25) is 0 Å². The van der Waals surface area contributed by atoms with Gasteiger partial charge in [0, 0.05) is 22.5 Å². The van der Waals surface area contributed by atoms with E-state index in [0.29, 0.717) is 17.3 Å². The molecule has 5 heteroatoms. The lowest BCUT2D eigenvalue weighted by Gasteiger charge is -2.10. The third-order valence-electron chi connectivity index (χ3n) is 7.22. The van der Waals surface area contributed by atoms with Crippen LogP contribution in [0.4, 0.5) is 0 Å². The van der Waals surface area contributed by atoms with Gasteiger partial charge in [0.25, 0.3) is 0 Å². The molecule has 0 amide bonds. The van der Waals surface area contributed by atoms with Crippen LogP contribution in [0.15, 0.2) is 116 Å². The Morgan fingerprint density at radius 3 is 2.05 bits per heavy atom. The zero-order valence-electron chi connectivity index (χ0n) is 20.2. The molecule has 3 aromatic heterocycles. The predicted molar refractivity (Wildman–Crippen MR) is 154 cm³/mol. The molecule has 5 aromatic carbocycles. The number of hydrogen-bond acceptors (Lipinski definition) is 5. The van der Waals surface area contributed by atoms with Gasteiger partial charge in [-0.05, 0) is 50.5 Å². The Labute approximate surface area is 217 Å². The standard InChI is InChI=1S/C33H19N5/c1-2-6-26-20(4-1)7-10-22-11-8-21-9-14-25(18-27(21)29(22)26)32-35-19-36-33(38-32)28-16-15-24-13-12-23-5-3-17-34-30(23)31(24)37-28/h1-19H.